The highest BCUT2D eigenvalue weighted by atomic mass is 16.6. The van der Waals surface area contributed by atoms with Gasteiger partial charge in [-0.05, 0) is 77.0 Å². The van der Waals surface area contributed by atoms with Crippen LogP contribution in [0.2, 0.25) is 0 Å². The first-order valence-electron chi connectivity index (χ1n) is 26.5. The molecule has 0 N–H and O–H groups in total. The molecule has 0 aromatic rings. The largest absolute Gasteiger partial charge is 0.462 e. The number of esters is 2. The second kappa shape index (κ2) is 51.5. The van der Waals surface area contributed by atoms with E-state index in [1.807, 2.05) is 0 Å². The summed E-state index contributed by atoms with van der Waals surface area (Å²) in [6, 6.07) is 0. The molecular weight excluding hydrogens is 741 g/mol. The first-order chi connectivity index (χ1) is 29.6. The second-order valence-electron chi connectivity index (χ2n) is 17.8. The molecule has 0 spiro atoms. The minimum absolute atomic E-state index is 0.0833. The van der Waals surface area contributed by atoms with Crippen LogP contribution >= 0.6 is 0 Å². The van der Waals surface area contributed by atoms with Crippen LogP contribution in [0.15, 0.2) is 36.5 Å². The molecule has 0 aromatic carbocycles. The summed E-state index contributed by atoms with van der Waals surface area (Å²) in [6.45, 7) is 7.81. The van der Waals surface area contributed by atoms with Crippen molar-refractivity contribution in [2.75, 3.05) is 19.8 Å². The third-order valence-electron chi connectivity index (χ3n) is 11.6. The lowest BCUT2D eigenvalue weighted by Gasteiger charge is -2.18. The number of rotatable bonds is 49. The summed E-state index contributed by atoms with van der Waals surface area (Å²) in [5, 5.41) is 0. The van der Waals surface area contributed by atoms with Crippen molar-refractivity contribution < 1.29 is 23.8 Å². The Kier molecular flexibility index (Phi) is 49.9. The predicted octanol–water partition coefficient (Wildman–Crippen LogP) is 17.8. The van der Waals surface area contributed by atoms with Crippen molar-refractivity contribution in [3.05, 3.63) is 36.5 Å². The fourth-order valence-electron chi connectivity index (χ4n) is 7.65. The summed E-state index contributed by atoms with van der Waals surface area (Å²) in [4.78, 5) is 25.4. The third-order valence-corrected chi connectivity index (χ3v) is 11.6. The molecule has 1 unspecified atom stereocenters. The zero-order valence-electron chi connectivity index (χ0n) is 40.5. The van der Waals surface area contributed by atoms with E-state index in [2.05, 4.69) is 57.2 Å². The molecule has 0 saturated carbocycles. The average molecular weight is 843 g/mol. The van der Waals surface area contributed by atoms with Gasteiger partial charge in [-0.3, -0.25) is 9.59 Å². The first kappa shape index (κ1) is 58.1. The Hall–Kier alpha value is -1.88. The number of ether oxygens (including phenoxy) is 3. The highest BCUT2D eigenvalue weighted by molar-refractivity contribution is 5.70. The molecule has 352 valence electrons. The van der Waals surface area contributed by atoms with Crippen molar-refractivity contribution >= 4 is 11.9 Å². The number of carbonyl (C=O) groups is 2. The topological polar surface area (TPSA) is 61.8 Å². The summed E-state index contributed by atoms with van der Waals surface area (Å²) in [6.07, 6.45) is 61.5. The van der Waals surface area contributed by atoms with Gasteiger partial charge in [-0.15, -0.1) is 0 Å². The standard InChI is InChI=1S/C55H102O5/c1-4-7-10-13-16-19-22-25-26-27-28-29-32-35-38-41-44-47-50-58-51-53(60-55(57)49-46-43-40-37-34-31-24-21-18-15-12-9-6-3)52-59-54(56)48-45-42-39-36-33-30-23-20-17-14-11-8-5-2/h16,19-20,23,25-26,53H,4-15,17-18,21-22,24,27-52H2,1-3H3/b19-16-,23-20-,26-25-. The zero-order chi connectivity index (χ0) is 43.5. The van der Waals surface area contributed by atoms with Crippen LogP contribution in [0.5, 0.6) is 0 Å². The van der Waals surface area contributed by atoms with E-state index in [0.29, 0.717) is 19.4 Å². The molecule has 5 nitrogen and oxygen atoms in total. The van der Waals surface area contributed by atoms with Crippen LogP contribution in [0, 0.1) is 0 Å². The average Bonchev–Trinajstić information content (AvgIpc) is 3.25. The molecule has 5 heteroatoms. The Morgan fingerprint density at radius 3 is 1.17 bits per heavy atom. The molecular formula is C55H102O5. The van der Waals surface area contributed by atoms with E-state index in [1.165, 1.54) is 186 Å². The van der Waals surface area contributed by atoms with Crippen LogP contribution in [0.1, 0.15) is 278 Å². The molecule has 0 aliphatic heterocycles. The van der Waals surface area contributed by atoms with Crippen molar-refractivity contribution in [1.29, 1.82) is 0 Å². The Morgan fingerprint density at radius 2 is 0.700 bits per heavy atom. The quantitative estimate of drug-likeness (QED) is 0.0347. The van der Waals surface area contributed by atoms with Crippen molar-refractivity contribution in [3.8, 4) is 0 Å². The number of hydrogen-bond acceptors (Lipinski definition) is 5. The van der Waals surface area contributed by atoms with Gasteiger partial charge in [-0.25, -0.2) is 0 Å². The van der Waals surface area contributed by atoms with Gasteiger partial charge in [0.25, 0.3) is 0 Å². The fraction of sp³-hybridized carbons (Fsp3) is 0.855. The van der Waals surface area contributed by atoms with Crippen LogP contribution in [-0.4, -0.2) is 37.9 Å². The van der Waals surface area contributed by atoms with Gasteiger partial charge in [0.1, 0.15) is 6.61 Å². The molecule has 0 radical (unpaired) electrons. The maximum Gasteiger partial charge on any atom is 0.306 e. The van der Waals surface area contributed by atoms with Gasteiger partial charge in [0.2, 0.25) is 0 Å². The van der Waals surface area contributed by atoms with Gasteiger partial charge in [-0.1, -0.05) is 224 Å². The van der Waals surface area contributed by atoms with Crippen LogP contribution < -0.4 is 0 Å². The molecule has 0 aliphatic carbocycles. The molecule has 0 heterocycles. The molecule has 0 aromatic heterocycles. The normalized spacial score (nSPS) is 12.4. The predicted molar refractivity (Wildman–Crippen MR) is 261 cm³/mol. The molecule has 0 saturated heterocycles. The van der Waals surface area contributed by atoms with Crippen molar-refractivity contribution in [2.24, 2.45) is 0 Å². The molecule has 0 bridgehead atoms. The summed E-state index contributed by atoms with van der Waals surface area (Å²) in [5.41, 5.74) is 0. The van der Waals surface area contributed by atoms with Crippen LogP contribution in [-0.2, 0) is 23.8 Å². The van der Waals surface area contributed by atoms with E-state index in [1.54, 1.807) is 0 Å². The molecule has 0 amide bonds. The van der Waals surface area contributed by atoms with E-state index in [0.717, 1.165) is 57.8 Å². The van der Waals surface area contributed by atoms with Gasteiger partial charge in [0.15, 0.2) is 6.10 Å². The summed E-state index contributed by atoms with van der Waals surface area (Å²) < 4.78 is 17.4. The zero-order valence-corrected chi connectivity index (χ0v) is 40.5. The maximum atomic E-state index is 12.8. The van der Waals surface area contributed by atoms with Crippen LogP contribution in [0.4, 0.5) is 0 Å². The van der Waals surface area contributed by atoms with E-state index in [4.69, 9.17) is 14.2 Å². The molecule has 60 heavy (non-hydrogen) atoms. The van der Waals surface area contributed by atoms with Gasteiger partial charge >= 0.3 is 11.9 Å². The van der Waals surface area contributed by atoms with E-state index in [-0.39, 0.29) is 25.2 Å². The number of carbonyl (C=O) groups excluding carboxylic acids is 2. The number of allylic oxidation sites excluding steroid dienone is 6. The van der Waals surface area contributed by atoms with Crippen molar-refractivity contribution in [3.63, 3.8) is 0 Å². The molecule has 1 atom stereocenters. The minimum atomic E-state index is -0.537. The molecule has 0 aliphatic rings. The van der Waals surface area contributed by atoms with Gasteiger partial charge in [0, 0.05) is 19.4 Å². The Balaban J connectivity index is 4.24. The first-order valence-corrected chi connectivity index (χ1v) is 26.5. The van der Waals surface area contributed by atoms with E-state index >= 15 is 0 Å². The van der Waals surface area contributed by atoms with Gasteiger partial charge in [-0.2, -0.15) is 0 Å². The Morgan fingerprint density at radius 1 is 0.367 bits per heavy atom. The highest BCUT2D eigenvalue weighted by Crippen LogP contribution is 2.15. The number of unbranched alkanes of at least 4 members (excludes halogenated alkanes) is 32. The molecule has 0 fully saturated rings. The Labute approximate surface area is 374 Å². The second-order valence-corrected chi connectivity index (χ2v) is 17.8. The SMILES string of the molecule is CCCCC/C=C\C/C=C\CCCCCCCCCCOCC(COC(=O)CCCCCCC/C=C\CCCCCC)OC(=O)CCCCCCCCCCCCCCC. The summed E-state index contributed by atoms with van der Waals surface area (Å²) in [5.74, 6) is -0.397. The third kappa shape index (κ3) is 48.8. The lowest BCUT2D eigenvalue weighted by Crippen LogP contribution is -2.30. The molecule has 0 rings (SSSR count). The van der Waals surface area contributed by atoms with Gasteiger partial charge < -0.3 is 14.2 Å². The van der Waals surface area contributed by atoms with E-state index in [9.17, 15) is 9.59 Å². The van der Waals surface area contributed by atoms with E-state index < -0.39 is 6.10 Å². The smallest absolute Gasteiger partial charge is 0.306 e. The Bertz CT molecular complexity index is 955. The van der Waals surface area contributed by atoms with Crippen LogP contribution in [0.25, 0.3) is 0 Å². The lowest BCUT2D eigenvalue weighted by molar-refractivity contribution is -0.163. The van der Waals surface area contributed by atoms with Crippen LogP contribution in [0.3, 0.4) is 0 Å². The number of hydrogen-bond donors (Lipinski definition) is 0. The monoisotopic (exact) mass is 843 g/mol. The van der Waals surface area contributed by atoms with Gasteiger partial charge in [0.05, 0.1) is 6.61 Å². The lowest BCUT2D eigenvalue weighted by atomic mass is 10.0. The van der Waals surface area contributed by atoms with Crippen molar-refractivity contribution in [1.82, 2.24) is 0 Å². The minimum Gasteiger partial charge on any atom is -0.462 e. The summed E-state index contributed by atoms with van der Waals surface area (Å²) in [7, 11) is 0. The highest BCUT2D eigenvalue weighted by Gasteiger charge is 2.17. The fourth-order valence-corrected chi connectivity index (χ4v) is 7.65. The summed E-state index contributed by atoms with van der Waals surface area (Å²) >= 11 is 0. The van der Waals surface area contributed by atoms with Crippen molar-refractivity contribution in [2.45, 2.75) is 284 Å². The maximum absolute atomic E-state index is 12.8.